The summed E-state index contributed by atoms with van der Waals surface area (Å²) < 4.78 is 0. The summed E-state index contributed by atoms with van der Waals surface area (Å²) in [4.78, 5) is 15.8. The van der Waals surface area contributed by atoms with E-state index in [9.17, 15) is 4.79 Å². The number of aliphatic imine (C=N–C) groups is 1. The molecule has 1 aromatic rings. The highest BCUT2D eigenvalue weighted by Gasteiger charge is 2.07. The fraction of sp³-hybridized carbons (Fsp3) is 0.0909. The normalized spacial score (nSPS) is 14.0. The zero-order chi connectivity index (χ0) is 10.7. The van der Waals surface area contributed by atoms with E-state index in [2.05, 4.69) is 4.99 Å². The average molecular weight is 219 g/mol. The van der Waals surface area contributed by atoms with Gasteiger partial charge in [-0.2, -0.15) is 0 Å². The zero-order valence-electron chi connectivity index (χ0n) is 7.88. The molecule has 1 aromatic carbocycles. The lowest BCUT2D eigenvalue weighted by Crippen LogP contribution is -1.95. The summed E-state index contributed by atoms with van der Waals surface area (Å²) in [5.74, 6) is -0.857. The van der Waals surface area contributed by atoms with Crippen LogP contribution in [0.15, 0.2) is 45.3 Å². The van der Waals surface area contributed by atoms with Crippen molar-refractivity contribution in [2.24, 2.45) is 4.99 Å². The average Bonchev–Trinajstić information content (AvgIpc) is 2.41. The number of aliphatic carboxylic acids is 1. The summed E-state index contributed by atoms with van der Waals surface area (Å²) in [7, 11) is 0. The number of hydrogen-bond donors (Lipinski definition) is 1. The van der Waals surface area contributed by atoms with E-state index in [-0.39, 0.29) is 6.42 Å². The minimum atomic E-state index is -0.857. The molecule has 15 heavy (non-hydrogen) atoms. The Morgan fingerprint density at radius 1 is 1.40 bits per heavy atom. The second-order valence-electron chi connectivity index (χ2n) is 3.09. The summed E-state index contributed by atoms with van der Waals surface area (Å²) >= 11 is 1.51. The summed E-state index contributed by atoms with van der Waals surface area (Å²) in [5, 5.41) is 10.4. The van der Waals surface area contributed by atoms with Gasteiger partial charge in [-0.1, -0.05) is 30.0 Å². The molecule has 0 bridgehead atoms. The SMILES string of the molecule is O=C(O)CC1=CSc2ccccc2C=N1. The molecule has 4 heteroatoms. The molecule has 3 nitrogen and oxygen atoms in total. The lowest BCUT2D eigenvalue weighted by molar-refractivity contribution is -0.136. The number of carbonyl (C=O) groups is 1. The minimum Gasteiger partial charge on any atom is -0.481 e. The van der Waals surface area contributed by atoms with Crippen LogP contribution in [0.25, 0.3) is 0 Å². The number of fused-ring (bicyclic) bond motifs is 1. The van der Waals surface area contributed by atoms with E-state index in [0.717, 1.165) is 10.5 Å². The van der Waals surface area contributed by atoms with E-state index in [1.165, 1.54) is 11.8 Å². The highest BCUT2D eigenvalue weighted by molar-refractivity contribution is 8.02. The van der Waals surface area contributed by atoms with E-state index < -0.39 is 5.97 Å². The maximum atomic E-state index is 10.5. The molecule has 0 atom stereocenters. The number of thioether (sulfide) groups is 1. The van der Waals surface area contributed by atoms with Crippen molar-refractivity contribution in [3.05, 3.63) is 40.9 Å². The number of carboxylic acid groups (broad SMARTS) is 1. The van der Waals surface area contributed by atoms with Crippen LogP contribution < -0.4 is 0 Å². The van der Waals surface area contributed by atoms with Crippen molar-refractivity contribution in [3.8, 4) is 0 Å². The van der Waals surface area contributed by atoms with Gasteiger partial charge in [-0.25, -0.2) is 0 Å². The van der Waals surface area contributed by atoms with Gasteiger partial charge in [0.05, 0.1) is 12.1 Å². The Morgan fingerprint density at radius 3 is 3.00 bits per heavy atom. The smallest absolute Gasteiger partial charge is 0.309 e. The first-order valence-electron chi connectivity index (χ1n) is 4.46. The van der Waals surface area contributed by atoms with Crippen molar-refractivity contribution in [3.63, 3.8) is 0 Å². The topological polar surface area (TPSA) is 49.7 Å². The number of rotatable bonds is 2. The van der Waals surface area contributed by atoms with E-state index in [1.54, 1.807) is 11.6 Å². The van der Waals surface area contributed by atoms with Crippen LogP contribution in [-0.4, -0.2) is 17.3 Å². The molecule has 0 aliphatic carbocycles. The van der Waals surface area contributed by atoms with Crippen LogP contribution in [0.3, 0.4) is 0 Å². The van der Waals surface area contributed by atoms with Crippen LogP contribution in [0.4, 0.5) is 0 Å². The molecule has 1 N–H and O–H groups in total. The number of carboxylic acids is 1. The summed E-state index contributed by atoms with van der Waals surface area (Å²) in [6, 6.07) is 7.85. The summed E-state index contributed by atoms with van der Waals surface area (Å²) in [6.45, 7) is 0. The first-order valence-corrected chi connectivity index (χ1v) is 5.34. The second-order valence-corrected chi connectivity index (χ2v) is 4.00. The molecule has 0 amide bonds. The van der Waals surface area contributed by atoms with Gasteiger partial charge in [0.25, 0.3) is 0 Å². The highest BCUT2D eigenvalue weighted by Crippen LogP contribution is 2.27. The van der Waals surface area contributed by atoms with Gasteiger partial charge in [0.15, 0.2) is 0 Å². The zero-order valence-corrected chi connectivity index (χ0v) is 8.70. The van der Waals surface area contributed by atoms with Crippen LogP contribution in [0.1, 0.15) is 12.0 Å². The Morgan fingerprint density at radius 2 is 2.20 bits per heavy atom. The fourth-order valence-electron chi connectivity index (χ4n) is 1.25. The number of nitrogens with zero attached hydrogens (tertiary/aromatic N) is 1. The molecule has 2 rings (SSSR count). The molecule has 1 aliphatic rings. The fourth-order valence-corrected chi connectivity index (χ4v) is 2.07. The predicted molar refractivity (Wildman–Crippen MR) is 60.2 cm³/mol. The van der Waals surface area contributed by atoms with Crippen LogP contribution in [0.2, 0.25) is 0 Å². The second kappa shape index (κ2) is 4.31. The summed E-state index contributed by atoms with van der Waals surface area (Å²) in [6.07, 6.45) is 1.68. The largest absolute Gasteiger partial charge is 0.481 e. The first-order chi connectivity index (χ1) is 7.25. The molecule has 0 saturated carbocycles. The predicted octanol–water partition coefficient (Wildman–Crippen LogP) is 2.53. The van der Waals surface area contributed by atoms with Gasteiger partial charge >= 0.3 is 5.97 Å². The van der Waals surface area contributed by atoms with Crippen molar-refractivity contribution in [2.45, 2.75) is 11.3 Å². The van der Waals surface area contributed by atoms with Crippen LogP contribution in [-0.2, 0) is 4.79 Å². The van der Waals surface area contributed by atoms with E-state index >= 15 is 0 Å². The molecular weight excluding hydrogens is 210 g/mol. The highest BCUT2D eigenvalue weighted by atomic mass is 32.2. The Kier molecular flexibility index (Phi) is 2.87. The van der Waals surface area contributed by atoms with Gasteiger partial charge in [0, 0.05) is 16.7 Å². The van der Waals surface area contributed by atoms with E-state index in [4.69, 9.17) is 5.11 Å². The minimum absolute atomic E-state index is 0.0303. The van der Waals surface area contributed by atoms with E-state index in [1.807, 2.05) is 24.3 Å². The van der Waals surface area contributed by atoms with Crippen molar-refractivity contribution < 1.29 is 9.90 Å². The van der Waals surface area contributed by atoms with Gasteiger partial charge in [-0.3, -0.25) is 9.79 Å². The number of benzene rings is 1. The maximum absolute atomic E-state index is 10.5. The molecular formula is C11H9NO2S. The monoisotopic (exact) mass is 219 g/mol. The Labute approximate surface area is 91.5 Å². The van der Waals surface area contributed by atoms with Gasteiger partial charge in [0.1, 0.15) is 0 Å². The van der Waals surface area contributed by atoms with Gasteiger partial charge < -0.3 is 5.11 Å². The first kappa shape index (κ1) is 9.98. The molecule has 1 heterocycles. The van der Waals surface area contributed by atoms with Crippen molar-refractivity contribution in [1.29, 1.82) is 0 Å². The summed E-state index contributed by atoms with van der Waals surface area (Å²) in [5.41, 5.74) is 1.61. The van der Waals surface area contributed by atoms with Gasteiger partial charge in [-0.15, -0.1) is 0 Å². The van der Waals surface area contributed by atoms with Crippen molar-refractivity contribution in [1.82, 2.24) is 0 Å². The Bertz CT molecular complexity index is 452. The molecule has 0 saturated heterocycles. The standard InChI is InChI=1S/C11H9NO2S/c13-11(14)5-9-7-15-10-4-2-1-3-8(10)6-12-9/h1-4,6-7H,5H2,(H,13,14). The lowest BCUT2D eigenvalue weighted by atomic mass is 10.2. The third-order valence-corrected chi connectivity index (χ3v) is 2.96. The van der Waals surface area contributed by atoms with E-state index in [0.29, 0.717) is 5.70 Å². The Hall–Kier alpha value is -1.55. The maximum Gasteiger partial charge on any atom is 0.309 e. The third kappa shape index (κ3) is 2.47. The molecule has 0 unspecified atom stereocenters. The van der Waals surface area contributed by atoms with Gasteiger partial charge in [-0.05, 0) is 11.5 Å². The molecule has 0 aromatic heterocycles. The molecule has 1 aliphatic heterocycles. The molecule has 0 radical (unpaired) electrons. The molecule has 0 spiro atoms. The molecule has 0 fully saturated rings. The third-order valence-electron chi connectivity index (χ3n) is 1.94. The number of hydrogen-bond acceptors (Lipinski definition) is 3. The van der Waals surface area contributed by atoms with Crippen LogP contribution in [0.5, 0.6) is 0 Å². The van der Waals surface area contributed by atoms with Crippen LogP contribution >= 0.6 is 11.8 Å². The Balaban J connectivity index is 2.25. The lowest BCUT2D eigenvalue weighted by Gasteiger charge is -1.97. The quantitative estimate of drug-likeness (QED) is 0.831. The van der Waals surface area contributed by atoms with Gasteiger partial charge in [0.2, 0.25) is 0 Å². The van der Waals surface area contributed by atoms with Crippen molar-refractivity contribution >= 4 is 23.9 Å². The van der Waals surface area contributed by atoms with Crippen LogP contribution in [0, 0.1) is 0 Å². The molecule has 76 valence electrons. The van der Waals surface area contributed by atoms with Crippen molar-refractivity contribution in [2.75, 3.05) is 0 Å².